The number of thiazole rings is 1. The zero-order valence-electron chi connectivity index (χ0n) is 8.70. The predicted molar refractivity (Wildman–Crippen MR) is 65.3 cm³/mol. The average Bonchev–Trinajstić information content (AvgIpc) is 2.98. The van der Waals surface area contributed by atoms with Gasteiger partial charge in [-0.2, -0.15) is 0 Å². The summed E-state index contributed by atoms with van der Waals surface area (Å²) in [5, 5.41) is 3.98. The van der Waals surface area contributed by atoms with E-state index in [0.29, 0.717) is 5.88 Å². The molecule has 17 heavy (non-hydrogen) atoms. The highest BCUT2D eigenvalue weighted by Gasteiger charge is 2.18. The second-order valence-corrected chi connectivity index (χ2v) is 4.26. The second kappa shape index (κ2) is 3.99. The minimum absolute atomic E-state index is 0.305. The molecule has 0 bridgehead atoms. The number of nitrogen functional groups attached to an aromatic ring is 1. The Morgan fingerprint density at radius 1 is 1.18 bits per heavy atom. The van der Waals surface area contributed by atoms with Gasteiger partial charge in [0.25, 0.3) is 0 Å². The van der Waals surface area contributed by atoms with Gasteiger partial charge in [0.2, 0.25) is 5.88 Å². The van der Waals surface area contributed by atoms with Gasteiger partial charge in [-0.15, -0.1) is 11.3 Å². The van der Waals surface area contributed by atoms with E-state index in [1.807, 2.05) is 12.1 Å². The summed E-state index contributed by atoms with van der Waals surface area (Å²) < 4.78 is 5.06. The van der Waals surface area contributed by atoms with Crippen LogP contribution in [0, 0.1) is 0 Å². The Balaban J connectivity index is 2.20. The fourth-order valence-corrected chi connectivity index (χ4v) is 2.21. The minimum Gasteiger partial charge on any atom is -0.367 e. The molecule has 0 aromatic carbocycles. The van der Waals surface area contributed by atoms with Crippen LogP contribution >= 0.6 is 11.3 Å². The molecule has 0 atom stereocenters. The molecule has 0 amide bonds. The lowest BCUT2D eigenvalue weighted by Gasteiger charge is -1.99. The summed E-state index contributed by atoms with van der Waals surface area (Å²) in [4.78, 5) is 8.93. The number of hydrogen-bond acceptors (Lipinski definition) is 6. The Morgan fingerprint density at radius 2 is 2.00 bits per heavy atom. The summed E-state index contributed by atoms with van der Waals surface area (Å²) >= 11 is 1.49. The predicted octanol–water partition coefficient (Wildman–Crippen LogP) is 2.44. The standard InChI is InChI=1S/C11H8N4OS/c12-11-9(7-1-3-13-4-2-7)10(15-16-11)8-5-14-6-17-8/h1-6H,12H2. The summed E-state index contributed by atoms with van der Waals surface area (Å²) in [7, 11) is 0. The molecule has 0 aliphatic heterocycles. The fraction of sp³-hybridized carbons (Fsp3) is 0. The SMILES string of the molecule is Nc1onc(-c2cncs2)c1-c1ccncc1. The van der Waals surface area contributed by atoms with Crippen LogP contribution in [-0.4, -0.2) is 15.1 Å². The van der Waals surface area contributed by atoms with Crippen LogP contribution in [0.3, 0.4) is 0 Å². The summed E-state index contributed by atoms with van der Waals surface area (Å²) in [6.07, 6.45) is 5.16. The topological polar surface area (TPSA) is 77.8 Å². The van der Waals surface area contributed by atoms with Gasteiger partial charge in [-0.3, -0.25) is 9.97 Å². The average molecular weight is 244 g/mol. The lowest BCUT2D eigenvalue weighted by molar-refractivity contribution is 0.439. The van der Waals surface area contributed by atoms with Crippen molar-refractivity contribution in [3.05, 3.63) is 36.2 Å². The molecular formula is C11H8N4OS. The lowest BCUT2D eigenvalue weighted by Crippen LogP contribution is -1.86. The monoisotopic (exact) mass is 244 g/mol. The molecule has 0 aliphatic carbocycles. The Bertz CT molecular complexity index is 618. The van der Waals surface area contributed by atoms with Gasteiger partial charge in [0.05, 0.1) is 16.0 Å². The lowest BCUT2D eigenvalue weighted by atomic mass is 10.1. The summed E-state index contributed by atoms with van der Waals surface area (Å²) in [5.41, 5.74) is 10.0. The molecule has 84 valence electrons. The molecule has 0 aliphatic rings. The quantitative estimate of drug-likeness (QED) is 0.749. The first-order valence-corrected chi connectivity index (χ1v) is 5.78. The van der Waals surface area contributed by atoms with Crippen LogP contribution < -0.4 is 5.73 Å². The number of aromatic nitrogens is 3. The molecule has 2 N–H and O–H groups in total. The van der Waals surface area contributed by atoms with Crippen LogP contribution in [0.2, 0.25) is 0 Å². The molecule has 0 unspecified atom stereocenters. The highest BCUT2D eigenvalue weighted by atomic mass is 32.1. The zero-order chi connectivity index (χ0) is 11.7. The van der Waals surface area contributed by atoms with Crippen LogP contribution in [0.25, 0.3) is 21.7 Å². The van der Waals surface area contributed by atoms with E-state index in [4.69, 9.17) is 10.3 Å². The molecule has 3 aromatic heterocycles. The third kappa shape index (κ3) is 1.68. The minimum atomic E-state index is 0.305. The van der Waals surface area contributed by atoms with Crippen molar-refractivity contribution in [2.24, 2.45) is 0 Å². The molecule has 3 aromatic rings. The molecule has 0 saturated heterocycles. The number of hydrogen-bond donors (Lipinski definition) is 1. The van der Waals surface area contributed by atoms with E-state index >= 15 is 0 Å². The number of nitrogens with two attached hydrogens (primary N) is 1. The molecule has 3 rings (SSSR count). The summed E-state index contributed by atoms with van der Waals surface area (Å²) in [5.74, 6) is 0.305. The number of nitrogens with zero attached hydrogens (tertiary/aromatic N) is 3. The normalized spacial score (nSPS) is 10.6. The Morgan fingerprint density at radius 3 is 2.71 bits per heavy atom. The smallest absolute Gasteiger partial charge is 0.230 e. The van der Waals surface area contributed by atoms with E-state index in [1.165, 1.54) is 11.3 Å². The van der Waals surface area contributed by atoms with Crippen LogP contribution in [-0.2, 0) is 0 Å². The molecule has 0 radical (unpaired) electrons. The molecule has 5 nitrogen and oxygen atoms in total. The Labute approximate surface area is 101 Å². The number of rotatable bonds is 2. The van der Waals surface area contributed by atoms with Crippen molar-refractivity contribution in [3.8, 4) is 21.7 Å². The van der Waals surface area contributed by atoms with Crippen molar-refractivity contribution in [3.63, 3.8) is 0 Å². The maximum Gasteiger partial charge on any atom is 0.230 e. The van der Waals surface area contributed by atoms with Gasteiger partial charge < -0.3 is 10.3 Å². The largest absolute Gasteiger partial charge is 0.367 e. The van der Waals surface area contributed by atoms with Crippen molar-refractivity contribution in [2.45, 2.75) is 0 Å². The van der Waals surface area contributed by atoms with Gasteiger partial charge in [0.15, 0.2) is 0 Å². The zero-order valence-corrected chi connectivity index (χ0v) is 9.52. The Hall–Kier alpha value is -2.21. The van der Waals surface area contributed by atoms with Crippen molar-refractivity contribution in [1.82, 2.24) is 15.1 Å². The van der Waals surface area contributed by atoms with Gasteiger partial charge in [0, 0.05) is 18.6 Å². The van der Waals surface area contributed by atoms with Crippen LogP contribution in [0.15, 0.2) is 40.8 Å². The highest BCUT2D eigenvalue weighted by molar-refractivity contribution is 7.13. The first kappa shape index (κ1) is 9.98. The van der Waals surface area contributed by atoms with Gasteiger partial charge in [-0.25, -0.2) is 0 Å². The van der Waals surface area contributed by atoms with E-state index in [1.54, 1.807) is 24.1 Å². The summed E-state index contributed by atoms with van der Waals surface area (Å²) in [6, 6.07) is 3.74. The van der Waals surface area contributed by atoms with Crippen LogP contribution in [0.5, 0.6) is 0 Å². The van der Waals surface area contributed by atoms with E-state index < -0.39 is 0 Å². The third-order valence-corrected chi connectivity index (χ3v) is 3.13. The van der Waals surface area contributed by atoms with Crippen molar-refractivity contribution in [2.75, 3.05) is 5.73 Å². The van der Waals surface area contributed by atoms with E-state index in [-0.39, 0.29) is 0 Å². The second-order valence-electron chi connectivity index (χ2n) is 3.37. The number of pyridine rings is 1. The maximum atomic E-state index is 5.81. The van der Waals surface area contributed by atoms with Gasteiger partial charge in [0.1, 0.15) is 5.69 Å². The van der Waals surface area contributed by atoms with Crippen LogP contribution in [0.1, 0.15) is 0 Å². The van der Waals surface area contributed by atoms with Crippen molar-refractivity contribution < 1.29 is 4.52 Å². The highest BCUT2D eigenvalue weighted by Crippen LogP contribution is 2.36. The summed E-state index contributed by atoms with van der Waals surface area (Å²) in [6.45, 7) is 0. The van der Waals surface area contributed by atoms with E-state index in [2.05, 4.69) is 15.1 Å². The third-order valence-electron chi connectivity index (χ3n) is 2.35. The van der Waals surface area contributed by atoms with Crippen LogP contribution in [0.4, 0.5) is 5.88 Å². The van der Waals surface area contributed by atoms with E-state index in [0.717, 1.165) is 21.7 Å². The van der Waals surface area contributed by atoms with Gasteiger partial charge >= 0.3 is 0 Å². The molecule has 0 saturated carbocycles. The first-order valence-electron chi connectivity index (χ1n) is 4.90. The van der Waals surface area contributed by atoms with Gasteiger partial charge in [-0.05, 0) is 17.7 Å². The molecule has 6 heteroatoms. The molecule has 0 fully saturated rings. The number of anilines is 1. The molecular weight excluding hydrogens is 236 g/mol. The Kier molecular flexibility index (Phi) is 2.34. The fourth-order valence-electron chi connectivity index (χ4n) is 1.60. The van der Waals surface area contributed by atoms with Gasteiger partial charge in [-0.1, -0.05) is 5.16 Å². The van der Waals surface area contributed by atoms with Crippen molar-refractivity contribution >= 4 is 17.2 Å². The first-order chi connectivity index (χ1) is 8.36. The molecule has 0 spiro atoms. The maximum absolute atomic E-state index is 5.81. The van der Waals surface area contributed by atoms with E-state index in [9.17, 15) is 0 Å². The molecule has 3 heterocycles. The van der Waals surface area contributed by atoms with Crippen molar-refractivity contribution in [1.29, 1.82) is 0 Å².